The van der Waals surface area contributed by atoms with Gasteiger partial charge in [-0.3, -0.25) is 0 Å². The van der Waals surface area contributed by atoms with Gasteiger partial charge in [-0.1, -0.05) is 61.5 Å². The second kappa shape index (κ2) is 4.78. The summed E-state index contributed by atoms with van der Waals surface area (Å²) >= 11 is 0. The zero-order valence-corrected chi connectivity index (χ0v) is 12.0. The monoisotopic (exact) mass is 271 g/mol. The average Bonchev–Trinajstić information content (AvgIpc) is 2.72. The SMILES string of the molecule is CC1C=Cc2c(n(-c3ccccc3)c3ccccc23)C=C1. The second-order valence-corrected chi connectivity index (χ2v) is 5.56. The number of allylic oxidation sites excluding steroid dienone is 2. The molecule has 2 aromatic carbocycles. The van der Waals surface area contributed by atoms with Gasteiger partial charge in [0, 0.05) is 16.6 Å². The number of rotatable bonds is 1. The second-order valence-electron chi connectivity index (χ2n) is 5.56. The van der Waals surface area contributed by atoms with E-state index >= 15 is 0 Å². The number of para-hydroxylation sites is 2. The highest BCUT2D eigenvalue weighted by Gasteiger charge is 2.15. The van der Waals surface area contributed by atoms with Gasteiger partial charge >= 0.3 is 0 Å². The van der Waals surface area contributed by atoms with Crippen LogP contribution in [0.2, 0.25) is 0 Å². The zero-order valence-electron chi connectivity index (χ0n) is 12.0. The van der Waals surface area contributed by atoms with E-state index in [9.17, 15) is 0 Å². The molecule has 0 spiro atoms. The minimum atomic E-state index is 0.473. The first-order chi connectivity index (χ1) is 10.3. The van der Waals surface area contributed by atoms with Gasteiger partial charge in [-0.15, -0.1) is 0 Å². The Balaban J connectivity index is 2.12. The molecule has 1 unspecified atom stereocenters. The maximum atomic E-state index is 2.35. The van der Waals surface area contributed by atoms with Gasteiger partial charge in [0.05, 0.1) is 11.2 Å². The van der Waals surface area contributed by atoms with Gasteiger partial charge in [0.15, 0.2) is 0 Å². The minimum absolute atomic E-state index is 0.473. The molecule has 102 valence electrons. The molecule has 0 fully saturated rings. The molecule has 1 aliphatic carbocycles. The van der Waals surface area contributed by atoms with Crippen LogP contribution in [0.4, 0.5) is 0 Å². The van der Waals surface area contributed by atoms with E-state index in [0.29, 0.717) is 5.92 Å². The molecule has 1 heterocycles. The summed E-state index contributed by atoms with van der Waals surface area (Å²) in [5.41, 5.74) is 5.05. The van der Waals surface area contributed by atoms with Gasteiger partial charge in [0.2, 0.25) is 0 Å². The molecule has 21 heavy (non-hydrogen) atoms. The molecular weight excluding hydrogens is 254 g/mol. The van der Waals surface area contributed by atoms with E-state index in [4.69, 9.17) is 0 Å². The number of fused-ring (bicyclic) bond motifs is 3. The topological polar surface area (TPSA) is 4.93 Å². The molecule has 4 rings (SSSR count). The maximum Gasteiger partial charge on any atom is 0.0541 e. The Kier molecular flexibility index (Phi) is 2.78. The standard InChI is InChI=1S/C20H17N/c1-15-11-13-18-17-9-5-6-10-19(17)21(20(18)14-12-15)16-7-3-2-4-8-16/h2-15H,1H3. The van der Waals surface area contributed by atoms with Crippen LogP contribution in [0, 0.1) is 5.92 Å². The Labute approximate surface area is 124 Å². The molecule has 0 amide bonds. The summed E-state index contributed by atoms with van der Waals surface area (Å²) in [6.07, 6.45) is 9.06. The molecule has 0 aliphatic heterocycles. The molecule has 1 aliphatic rings. The van der Waals surface area contributed by atoms with Crippen LogP contribution in [0.3, 0.4) is 0 Å². The van der Waals surface area contributed by atoms with E-state index in [0.717, 1.165) is 0 Å². The lowest BCUT2D eigenvalue weighted by Gasteiger charge is -2.08. The van der Waals surface area contributed by atoms with Gasteiger partial charge < -0.3 is 4.57 Å². The predicted molar refractivity (Wildman–Crippen MR) is 90.5 cm³/mol. The number of aromatic nitrogens is 1. The van der Waals surface area contributed by atoms with Crippen molar-refractivity contribution in [2.45, 2.75) is 6.92 Å². The zero-order chi connectivity index (χ0) is 14.2. The number of nitrogens with zero attached hydrogens (tertiary/aromatic N) is 1. The highest BCUT2D eigenvalue weighted by Crippen LogP contribution is 2.33. The molecule has 1 atom stereocenters. The van der Waals surface area contributed by atoms with E-state index < -0.39 is 0 Å². The van der Waals surface area contributed by atoms with Crippen molar-refractivity contribution in [2.75, 3.05) is 0 Å². The van der Waals surface area contributed by atoms with Crippen LogP contribution in [0.25, 0.3) is 28.7 Å². The maximum absolute atomic E-state index is 2.35. The average molecular weight is 271 g/mol. The van der Waals surface area contributed by atoms with Crippen LogP contribution < -0.4 is 0 Å². The fourth-order valence-corrected chi connectivity index (χ4v) is 3.03. The summed E-state index contributed by atoms with van der Waals surface area (Å²) in [7, 11) is 0. The van der Waals surface area contributed by atoms with Gasteiger partial charge in [0.1, 0.15) is 0 Å². The molecule has 1 aromatic heterocycles. The summed E-state index contributed by atoms with van der Waals surface area (Å²) < 4.78 is 2.35. The van der Waals surface area contributed by atoms with Crippen LogP contribution in [0.1, 0.15) is 18.2 Å². The number of hydrogen-bond donors (Lipinski definition) is 0. The highest BCUT2D eigenvalue weighted by atomic mass is 15.0. The van der Waals surface area contributed by atoms with Crippen molar-refractivity contribution < 1.29 is 0 Å². The van der Waals surface area contributed by atoms with Crippen LogP contribution in [-0.4, -0.2) is 4.57 Å². The van der Waals surface area contributed by atoms with Crippen molar-refractivity contribution in [1.82, 2.24) is 4.57 Å². The fraction of sp³-hybridized carbons (Fsp3) is 0.100. The Bertz CT molecular complexity index is 850. The predicted octanol–water partition coefficient (Wildman–Crippen LogP) is 5.31. The lowest BCUT2D eigenvalue weighted by Crippen LogP contribution is -1.96. The molecule has 0 radical (unpaired) electrons. The number of hydrogen-bond acceptors (Lipinski definition) is 0. The van der Waals surface area contributed by atoms with Gasteiger partial charge in [-0.25, -0.2) is 0 Å². The van der Waals surface area contributed by atoms with Crippen molar-refractivity contribution in [3.63, 3.8) is 0 Å². The smallest absolute Gasteiger partial charge is 0.0541 e. The third-order valence-corrected chi connectivity index (χ3v) is 4.09. The van der Waals surface area contributed by atoms with E-state index in [-0.39, 0.29) is 0 Å². The quantitative estimate of drug-likeness (QED) is 0.565. The van der Waals surface area contributed by atoms with Crippen molar-refractivity contribution in [1.29, 1.82) is 0 Å². The Morgan fingerprint density at radius 2 is 1.52 bits per heavy atom. The van der Waals surface area contributed by atoms with Crippen molar-refractivity contribution >= 4 is 23.1 Å². The summed E-state index contributed by atoms with van der Waals surface area (Å²) in [5.74, 6) is 0.473. The van der Waals surface area contributed by atoms with Crippen LogP contribution in [0.5, 0.6) is 0 Å². The molecule has 0 N–H and O–H groups in total. The molecule has 0 saturated carbocycles. The molecule has 1 heteroatoms. The van der Waals surface area contributed by atoms with Crippen molar-refractivity contribution in [3.05, 3.63) is 78.0 Å². The Morgan fingerprint density at radius 3 is 2.38 bits per heavy atom. The first-order valence-electron chi connectivity index (χ1n) is 7.40. The molecular formula is C20H17N. The van der Waals surface area contributed by atoms with Gasteiger partial charge in [-0.05, 0) is 30.2 Å². The fourth-order valence-electron chi connectivity index (χ4n) is 3.03. The minimum Gasteiger partial charge on any atom is -0.309 e. The summed E-state index contributed by atoms with van der Waals surface area (Å²) in [6, 6.07) is 19.2. The first kappa shape index (κ1) is 12.2. The van der Waals surface area contributed by atoms with E-state index in [1.54, 1.807) is 0 Å². The summed E-state index contributed by atoms with van der Waals surface area (Å²) in [5, 5.41) is 1.31. The van der Waals surface area contributed by atoms with E-state index in [2.05, 4.69) is 90.4 Å². The number of benzene rings is 2. The lowest BCUT2D eigenvalue weighted by molar-refractivity contribution is 0.953. The normalized spacial score (nSPS) is 16.9. The van der Waals surface area contributed by atoms with Crippen molar-refractivity contribution in [2.24, 2.45) is 5.92 Å². The third-order valence-electron chi connectivity index (χ3n) is 4.09. The molecule has 0 bridgehead atoms. The highest BCUT2D eigenvalue weighted by molar-refractivity contribution is 5.95. The van der Waals surface area contributed by atoms with E-state index in [1.807, 2.05) is 0 Å². The third kappa shape index (κ3) is 1.93. The largest absolute Gasteiger partial charge is 0.309 e. The lowest BCUT2D eigenvalue weighted by atomic mass is 10.1. The van der Waals surface area contributed by atoms with E-state index in [1.165, 1.54) is 27.8 Å². The Hall–Kier alpha value is -2.54. The first-order valence-corrected chi connectivity index (χ1v) is 7.40. The Morgan fingerprint density at radius 1 is 0.810 bits per heavy atom. The van der Waals surface area contributed by atoms with Gasteiger partial charge in [-0.2, -0.15) is 0 Å². The van der Waals surface area contributed by atoms with Crippen LogP contribution >= 0.6 is 0 Å². The van der Waals surface area contributed by atoms with Crippen LogP contribution in [-0.2, 0) is 0 Å². The van der Waals surface area contributed by atoms with Crippen molar-refractivity contribution in [3.8, 4) is 5.69 Å². The molecule has 0 saturated heterocycles. The van der Waals surface area contributed by atoms with Crippen LogP contribution in [0.15, 0.2) is 66.7 Å². The van der Waals surface area contributed by atoms with Gasteiger partial charge in [0.25, 0.3) is 0 Å². The summed E-state index contributed by atoms with van der Waals surface area (Å²) in [4.78, 5) is 0. The molecule has 3 aromatic rings. The summed E-state index contributed by atoms with van der Waals surface area (Å²) in [6.45, 7) is 2.22. The molecule has 1 nitrogen and oxygen atoms in total.